The van der Waals surface area contributed by atoms with Crippen molar-refractivity contribution in [2.45, 2.75) is 39.1 Å². The Hall–Kier alpha value is -4.70. The molecule has 40 heavy (non-hydrogen) atoms. The molecule has 0 spiro atoms. The lowest BCUT2D eigenvalue weighted by atomic mass is 10.0. The van der Waals surface area contributed by atoms with Crippen LogP contribution in [-0.2, 0) is 32.7 Å². The quantitative estimate of drug-likeness (QED) is 0.166. The molecule has 0 aliphatic heterocycles. The van der Waals surface area contributed by atoms with Crippen LogP contribution >= 0.6 is 0 Å². The highest BCUT2D eigenvalue weighted by Crippen LogP contribution is 2.30. The van der Waals surface area contributed by atoms with Crippen molar-refractivity contribution in [3.05, 3.63) is 155 Å². The summed E-state index contributed by atoms with van der Waals surface area (Å²) in [5.41, 5.74) is 5.35. The van der Waals surface area contributed by atoms with Gasteiger partial charge in [-0.1, -0.05) is 103 Å². The molecule has 0 amide bonds. The Bertz CT molecular complexity index is 1470. The number of ether oxygens (including phenoxy) is 3. The van der Waals surface area contributed by atoms with E-state index in [9.17, 15) is 5.11 Å². The normalized spacial score (nSPS) is 10.7. The molecule has 1 N–H and O–H groups in total. The van der Waals surface area contributed by atoms with Crippen LogP contribution in [0.3, 0.4) is 0 Å². The molecule has 0 atom stereocenters. The maximum atomic E-state index is 10.6. The van der Waals surface area contributed by atoms with E-state index in [2.05, 4.69) is 30.3 Å². The second-order valence-corrected chi connectivity index (χ2v) is 9.74. The lowest BCUT2D eigenvalue weighted by molar-refractivity contribution is 0.287. The van der Waals surface area contributed by atoms with E-state index in [1.807, 2.05) is 91.0 Å². The average Bonchev–Trinajstić information content (AvgIpc) is 3.01. The number of aryl methyl sites for hydroxylation is 2. The van der Waals surface area contributed by atoms with Crippen molar-refractivity contribution in [3.63, 3.8) is 0 Å². The minimum Gasteiger partial charge on any atom is -0.508 e. The first kappa shape index (κ1) is 26.9. The van der Waals surface area contributed by atoms with Gasteiger partial charge in [0, 0.05) is 12.1 Å². The molecule has 0 aliphatic rings. The summed E-state index contributed by atoms with van der Waals surface area (Å²) in [5, 5.41) is 10.6. The number of benzene rings is 5. The van der Waals surface area contributed by atoms with Crippen molar-refractivity contribution >= 4 is 0 Å². The third-order valence-corrected chi connectivity index (χ3v) is 6.72. The van der Waals surface area contributed by atoms with Crippen molar-refractivity contribution in [3.8, 4) is 23.0 Å². The Kier molecular flexibility index (Phi) is 9.35. The maximum absolute atomic E-state index is 10.6. The monoisotopic (exact) mass is 530 g/mol. The van der Waals surface area contributed by atoms with Crippen LogP contribution in [0.5, 0.6) is 23.0 Å². The van der Waals surface area contributed by atoms with Gasteiger partial charge in [0.05, 0.1) is 0 Å². The molecule has 0 aliphatic carbocycles. The van der Waals surface area contributed by atoms with Crippen LogP contribution in [0, 0.1) is 0 Å². The lowest BCUT2D eigenvalue weighted by Crippen LogP contribution is -2.01. The average molecular weight is 531 g/mol. The first-order chi connectivity index (χ1) is 19.7. The van der Waals surface area contributed by atoms with Crippen LogP contribution in [0.1, 0.15) is 34.2 Å². The molecule has 4 nitrogen and oxygen atoms in total. The summed E-state index contributed by atoms with van der Waals surface area (Å²) in [6.07, 6.45) is 2.42. The van der Waals surface area contributed by atoms with Gasteiger partial charge in [0.1, 0.15) is 42.8 Å². The number of hydrogen-bond acceptors (Lipinski definition) is 4. The largest absolute Gasteiger partial charge is 0.508 e. The van der Waals surface area contributed by atoms with E-state index in [-0.39, 0.29) is 5.75 Å². The van der Waals surface area contributed by atoms with E-state index < -0.39 is 0 Å². The molecule has 5 aromatic rings. The topological polar surface area (TPSA) is 47.9 Å². The molecule has 0 radical (unpaired) electrons. The predicted molar refractivity (Wildman–Crippen MR) is 159 cm³/mol. The summed E-state index contributed by atoms with van der Waals surface area (Å²) in [5.74, 6) is 2.52. The van der Waals surface area contributed by atoms with Crippen LogP contribution in [-0.4, -0.2) is 5.11 Å². The first-order valence-electron chi connectivity index (χ1n) is 13.7. The molecular weight excluding hydrogens is 496 g/mol. The Balaban J connectivity index is 1.20. The standard InChI is InChI=1S/C36H34O4/c37-35-23-33(38-25-28-11-4-1-5-12-28)21-19-31(35)17-10-18-32-20-22-34(39-26-29-13-6-2-7-14-29)24-36(32)40-27-30-15-8-3-9-16-30/h1-9,11-16,19-24,37H,10,17-18,25-27H2. The van der Waals surface area contributed by atoms with E-state index >= 15 is 0 Å². The smallest absolute Gasteiger partial charge is 0.126 e. The molecule has 0 aromatic heterocycles. The highest BCUT2D eigenvalue weighted by Gasteiger charge is 2.10. The van der Waals surface area contributed by atoms with Crippen molar-refractivity contribution in [1.29, 1.82) is 0 Å². The summed E-state index contributed by atoms with van der Waals surface area (Å²) < 4.78 is 18.2. The SMILES string of the molecule is Oc1cc(OCc2ccccc2)ccc1CCCc1ccc(OCc2ccccc2)cc1OCc1ccccc1. The van der Waals surface area contributed by atoms with Crippen LogP contribution in [0.15, 0.2) is 127 Å². The van der Waals surface area contributed by atoms with Crippen molar-refractivity contribution in [2.75, 3.05) is 0 Å². The minimum atomic E-state index is 0.260. The van der Waals surface area contributed by atoms with Crippen LogP contribution < -0.4 is 14.2 Å². The zero-order valence-electron chi connectivity index (χ0n) is 22.5. The molecule has 0 bridgehead atoms. The number of phenolic OH excluding ortho intramolecular Hbond substituents is 1. The first-order valence-corrected chi connectivity index (χ1v) is 13.7. The van der Waals surface area contributed by atoms with Gasteiger partial charge in [0.25, 0.3) is 0 Å². The van der Waals surface area contributed by atoms with E-state index in [0.29, 0.717) is 25.6 Å². The third-order valence-electron chi connectivity index (χ3n) is 6.72. The van der Waals surface area contributed by atoms with E-state index in [4.69, 9.17) is 14.2 Å². The Morgan fingerprint density at radius 1 is 0.450 bits per heavy atom. The fraction of sp³-hybridized carbons (Fsp3) is 0.167. The van der Waals surface area contributed by atoms with Gasteiger partial charge in [-0.15, -0.1) is 0 Å². The van der Waals surface area contributed by atoms with Crippen molar-refractivity contribution in [2.24, 2.45) is 0 Å². The molecule has 4 heteroatoms. The summed E-state index contributed by atoms with van der Waals surface area (Å²) in [6, 6.07) is 41.9. The van der Waals surface area contributed by atoms with Crippen molar-refractivity contribution < 1.29 is 19.3 Å². The number of rotatable bonds is 13. The van der Waals surface area contributed by atoms with Crippen LogP contribution in [0.25, 0.3) is 0 Å². The summed E-state index contributed by atoms with van der Waals surface area (Å²) >= 11 is 0. The fourth-order valence-corrected chi connectivity index (χ4v) is 4.50. The minimum absolute atomic E-state index is 0.260. The van der Waals surface area contributed by atoms with E-state index in [1.165, 1.54) is 0 Å². The van der Waals surface area contributed by atoms with Gasteiger partial charge in [0.2, 0.25) is 0 Å². The second-order valence-electron chi connectivity index (χ2n) is 9.74. The molecule has 202 valence electrons. The molecule has 5 aromatic carbocycles. The molecule has 0 saturated heterocycles. The zero-order chi connectivity index (χ0) is 27.4. The zero-order valence-corrected chi connectivity index (χ0v) is 22.5. The lowest BCUT2D eigenvalue weighted by Gasteiger charge is -2.15. The molecule has 0 saturated carbocycles. The summed E-state index contributed by atoms with van der Waals surface area (Å²) in [6.45, 7) is 1.46. The second kappa shape index (κ2) is 13.9. The van der Waals surface area contributed by atoms with E-state index in [1.54, 1.807) is 6.07 Å². The maximum Gasteiger partial charge on any atom is 0.126 e. The molecule has 0 heterocycles. The molecule has 0 fully saturated rings. The molecule has 0 unspecified atom stereocenters. The van der Waals surface area contributed by atoms with Gasteiger partial charge in [-0.2, -0.15) is 0 Å². The molecular formula is C36H34O4. The van der Waals surface area contributed by atoms with Gasteiger partial charge in [0.15, 0.2) is 0 Å². The summed E-state index contributed by atoms with van der Waals surface area (Å²) in [7, 11) is 0. The number of hydrogen-bond donors (Lipinski definition) is 1. The molecule has 5 rings (SSSR count). The van der Waals surface area contributed by atoms with Crippen molar-refractivity contribution in [1.82, 2.24) is 0 Å². The predicted octanol–water partition coefficient (Wildman–Crippen LogP) is 8.30. The Morgan fingerprint density at radius 3 is 1.43 bits per heavy atom. The highest BCUT2D eigenvalue weighted by atomic mass is 16.5. The Morgan fingerprint density at radius 2 is 0.900 bits per heavy atom. The van der Waals surface area contributed by atoms with Gasteiger partial charge >= 0.3 is 0 Å². The van der Waals surface area contributed by atoms with Gasteiger partial charge in [-0.3, -0.25) is 0 Å². The van der Waals surface area contributed by atoms with Gasteiger partial charge in [-0.25, -0.2) is 0 Å². The highest BCUT2D eigenvalue weighted by molar-refractivity contribution is 5.42. The Labute approximate surface area is 236 Å². The van der Waals surface area contributed by atoms with E-state index in [0.717, 1.165) is 58.6 Å². The third kappa shape index (κ3) is 7.90. The van der Waals surface area contributed by atoms with Gasteiger partial charge < -0.3 is 19.3 Å². The van der Waals surface area contributed by atoms with Crippen LogP contribution in [0.4, 0.5) is 0 Å². The van der Waals surface area contributed by atoms with Gasteiger partial charge in [-0.05, 0) is 59.2 Å². The van der Waals surface area contributed by atoms with Crippen LogP contribution in [0.2, 0.25) is 0 Å². The fourth-order valence-electron chi connectivity index (χ4n) is 4.50. The number of phenols is 1. The number of aromatic hydroxyl groups is 1. The summed E-state index contributed by atoms with van der Waals surface area (Å²) in [4.78, 5) is 0.